The molecule has 0 radical (unpaired) electrons. The molecule has 0 saturated carbocycles. The van der Waals surface area contributed by atoms with Gasteiger partial charge in [-0.15, -0.1) is 0 Å². The number of nitrogens with two attached hydrogens (primary N) is 1. The number of halogens is 3. The van der Waals surface area contributed by atoms with Crippen molar-refractivity contribution in [2.24, 2.45) is 5.73 Å². The Morgan fingerprint density at radius 1 is 1.47 bits per heavy atom. The average Bonchev–Trinajstić information content (AvgIpc) is 2.14. The molecule has 0 aliphatic rings. The summed E-state index contributed by atoms with van der Waals surface area (Å²) in [7, 11) is 0. The molecular weight excluding hydrogens is 237 g/mol. The highest BCUT2D eigenvalue weighted by atomic mass is 19.4. The fourth-order valence-electron chi connectivity index (χ4n) is 1.42. The van der Waals surface area contributed by atoms with Crippen LogP contribution < -0.4 is 5.73 Å². The monoisotopic (exact) mass is 248 g/mol. The number of hydrogen-bond donors (Lipinski definition) is 1. The summed E-state index contributed by atoms with van der Waals surface area (Å²) in [5.41, 5.74) is 5.63. The van der Waals surface area contributed by atoms with Gasteiger partial charge in [-0.2, -0.15) is 13.2 Å². The molecular formula is C10H11F3N2O2. The molecule has 0 amide bonds. The van der Waals surface area contributed by atoms with E-state index < -0.39 is 23.6 Å². The van der Waals surface area contributed by atoms with Gasteiger partial charge in [0.05, 0.1) is 11.3 Å². The molecule has 0 unspecified atom stereocenters. The fraction of sp³-hybridized carbons (Fsp3) is 0.400. The number of nitro groups is 1. The van der Waals surface area contributed by atoms with Gasteiger partial charge in [0, 0.05) is 17.7 Å². The standard InChI is InChI=1S/C10H11F3N2O2/c1-6-2-3-7(4-9(6)15(16)17)8(14)5-10(11,12)13/h2-4,8H,5,14H2,1H3/t8-/m0/s1. The lowest BCUT2D eigenvalue weighted by atomic mass is 10.0. The summed E-state index contributed by atoms with van der Waals surface area (Å²) in [6.07, 6.45) is -5.59. The topological polar surface area (TPSA) is 69.2 Å². The van der Waals surface area contributed by atoms with Gasteiger partial charge >= 0.3 is 6.18 Å². The van der Waals surface area contributed by atoms with Gasteiger partial charge in [-0.3, -0.25) is 10.1 Å². The highest BCUT2D eigenvalue weighted by Gasteiger charge is 2.31. The Balaban J connectivity index is 3.00. The van der Waals surface area contributed by atoms with Crippen LogP contribution >= 0.6 is 0 Å². The van der Waals surface area contributed by atoms with Crippen LogP contribution in [0.1, 0.15) is 23.6 Å². The van der Waals surface area contributed by atoms with E-state index in [1.54, 1.807) is 0 Å². The molecule has 0 spiro atoms. The van der Waals surface area contributed by atoms with E-state index in [1.807, 2.05) is 0 Å². The zero-order valence-corrected chi connectivity index (χ0v) is 8.99. The van der Waals surface area contributed by atoms with Crippen LogP contribution in [0.15, 0.2) is 18.2 Å². The number of aryl methyl sites for hydroxylation is 1. The Labute approximate surface area is 95.4 Å². The van der Waals surface area contributed by atoms with E-state index in [1.165, 1.54) is 19.1 Å². The Morgan fingerprint density at radius 3 is 2.53 bits per heavy atom. The van der Waals surface area contributed by atoms with Crippen molar-refractivity contribution in [2.45, 2.75) is 25.6 Å². The average molecular weight is 248 g/mol. The van der Waals surface area contributed by atoms with Gasteiger partial charge in [-0.05, 0) is 12.5 Å². The van der Waals surface area contributed by atoms with E-state index in [-0.39, 0.29) is 11.3 Å². The zero-order chi connectivity index (χ0) is 13.2. The van der Waals surface area contributed by atoms with E-state index in [2.05, 4.69) is 0 Å². The first-order chi connectivity index (χ1) is 7.70. The molecule has 2 N–H and O–H groups in total. The minimum absolute atomic E-state index is 0.111. The minimum Gasteiger partial charge on any atom is -0.324 e. The zero-order valence-electron chi connectivity index (χ0n) is 8.99. The predicted molar refractivity (Wildman–Crippen MR) is 55.4 cm³/mol. The minimum atomic E-state index is -4.39. The van der Waals surface area contributed by atoms with Crippen LogP contribution in [0.2, 0.25) is 0 Å². The smallest absolute Gasteiger partial charge is 0.324 e. The van der Waals surface area contributed by atoms with Crippen molar-refractivity contribution in [3.05, 3.63) is 39.4 Å². The summed E-state index contributed by atoms with van der Waals surface area (Å²) >= 11 is 0. The van der Waals surface area contributed by atoms with Gasteiger partial charge in [-0.25, -0.2) is 0 Å². The number of benzene rings is 1. The van der Waals surface area contributed by atoms with Crippen LogP contribution in [-0.2, 0) is 0 Å². The second-order valence-corrected chi connectivity index (χ2v) is 3.73. The summed E-state index contributed by atoms with van der Waals surface area (Å²) in [6.45, 7) is 1.51. The summed E-state index contributed by atoms with van der Waals surface area (Å²) < 4.78 is 36.3. The van der Waals surface area contributed by atoms with Gasteiger partial charge in [0.1, 0.15) is 0 Å². The Bertz CT molecular complexity index is 432. The molecule has 0 aliphatic carbocycles. The third kappa shape index (κ3) is 3.70. The Kier molecular flexibility index (Phi) is 3.72. The normalized spacial score (nSPS) is 13.5. The number of rotatable bonds is 3. The highest BCUT2D eigenvalue weighted by Crippen LogP contribution is 2.30. The van der Waals surface area contributed by atoms with E-state index in [0.29, 0.717) is 5.56 Å². The molecule has 17 heavy (non-hydrogen) atoms. The molecule has 0 bridgehead atoms. The van der Waals surface area contributed by atoms with E-state index in [9.17, 15) is 23.3 Å². The van der Waals surface area contributed by atoms with Crippen molar-refractivity contribution >= 4 is 5.69 Å². The molecule has 0 heterocycles. The SMILES string of the molecule is Cc1ccc([C@@H](N)CC(F)(F)F)cc1[N+](=O)[O-]. The van der Waals surface area contributed by atoms with Gasteiger partial charge in [-0.1, -0.05) is 12.1 Å². The molecule has 0 aliphatic heterocycles. The fourth-order valence-corrected chi connectivity index (χ4v) is 1.42. The number of nitrogens with zero attached hydrogens (tertiary/aromatic N) is 1. The summed E-state index contributed by atoms with van der Waals surface area (Å²) in [6, 6.07) is 2.57. The second-order valence-electron chi connectivity index (χ2n) is 3.73. The molecule has 94 valence electrons. The molecule has 0 fully saturated rings. The number of nitro benzene ring substituents is 1. The van der Waals surface area contributed by atoms with Crippen LogP contribution in [0.5, 0.6) is 0 Å². The molecule has 7 heteroatoms. The molecule has 1 atom stereocenters. The van der Waals surface area contributed by atoms with Gasteiger partial charge in [0.25, 0.3) is 5.69 Å². The summed E-state index contributed by atoms with van der Waals surface area (Å²) in [5, 5.41) is 10.6. The molecule has 1 aromatic carbocycles. The van der Waals surface area contributed by atoms with Crippen LogP contribution in [0.3, 0.4) is 0 Å². The van der Waals surface area contributed by atoms with E-state index in [4.69, 9.17) is 5.73 Å². The maximum absolute atomic E-state index is 12.1. The van der Waals surface area contributed by atoms with Crippen molar-refractivity contribution in [3.8, 4) is 0 Å². The summed E-state index contributed by atoms with van der Waals surface area (Å²) in [5.74, 6) is 0. The first-order valence-electron chi connectivity index (χ1n) is 4.78. The Hall–Kier alpha value is -1.63. The Morgan fingerprint density at radius 2 is 2.06 bits per heavy atom. The van der Waals surface area contributed by atoms with Crippen molar-refractivity contribution in [3.63, 3.8) is 0 Å². The largest absolute Gasteiger partial charge is 0.390 e. The van der Waals surface area contributed by atoms with Gasteiger partial charge in [0.15, 0.2) is 0 Å². The predicted octanol–water partition coefficient (Wildman–Crippen LogP) is 2.86. The second kappa shape index (κ2) is 4.70. The molecule has 1 aromatic rings. The first kappa shape index (κ1) is 13.4. The highest BCUT2D eigenvalue weighted by molar-refractivity contribution is 5.43. The van der Waals surface area contributed by atoms with Gasteiger partial charge < -0.3 is 5.73 Å². The van der Waals surface area contributed by atoms with Crippen molar-refractivity contribution in [2.75, 3.05) is 0 Å². The van der Waals surface area contributed by atoms with E-state index >= 15 is 0 Å². The lowest BCUT2D eigenvalue weighted by Gasteiger charge is -2.14. The third-order valence-corrected chi connectivity index (χ3v) is 2.31. The summed E-state index contributed by atoms with van der Waals surface area (Å²) in [4.78, 5) is 9.98. The quantitative estimate of drug-likeness (QED) is 0.660. The van der Waals surface area contributed by atoms with Crippen LogP contribution in [0, 0.1) is 17.0 Å². The first-order valence-corrected chi connectivity index (χ1v) is 4.78. The third-order valence-electron chi connectivity index (χ3n) is 2.31. The lowest BCUT2D eigenvalue weighted by molar-refractivity contribution is -0.385. The van der Waals surface area contributed by atoms with Crippen LogP contribution in [0.4, 0.5) is 18.9 Å². The van der Waals surface area contributed by atoms with Crippen molar-refractivity contribution < 1.29 is 18.1 Å². The molecule has 4 nitrogen and oxygen atoms in total. The van der Waals surface area contributed by atoms with Crippen molar-refractivity contribution in [1.29, 1.82) is 0 Å². The maximum atomic E-state index is 12.1. The number of alkyl halides is 3. The van der Waals surface area contributed by atoms with Crippen molar-refractivity contribution in [1.82, 2.24) is 0 Å². The van der Waals surface area contributed by atoms with Gasteiger partial charge in [0.2, 0.25) is 0 Å². The molecule has 1 rings (SSSR count). The van der Waals surface area contributed by atoms with E-state index in [0.717, 1.165) is 6.07 Å². The maximum Gasteiger partial charge on any atom is 0.390 e. The lowest BCUT2D eigenvalue weighted by Crippen LogP contribution is -2.20. The molecule has 0 saturated heterocycles. The number of hydrogen-bond acceptors (Lipinski definition) is 3. The molecule has 0 aromatic heterocycles. The van der Waals surface area contributed by atoms with Crippen LogP contribution in [0.25, 0.3) is 0 Å². The van der Waals surface area contributed by atoms with Crippen LogP contribution in [-0.4, -0.2) is 11.1 Å².